The minimum Gasteiger partial charge on any atom is -0.361 e. The zero-order chi connectivity index (χ0) is 28.9. The molecular formula is C34H51N3O2S. The van der Waals surface area contributed by atoms with Crippen molar-refractivity contribution < 1.29 is 9.32 Å². The Labute approximate surface area is 245 Å². The number of aromatic nitrogens is 3. The SMILES string of the molecule is Cc1nnc([C@]2(CC[C@]3(C)CC(=O)C[C@@H]4[C@@]5(C)Cc6cnoc6C(C)(C)[C@@H]5CC[C@]43C)CCC(C)(C)CC2C)s1. The van der Waals surface area contributed by atoms with E-state index in [2.05, 4.69) is 72.6 Å². The van der Waals surface area contributed by atoms with E-state index in [1.54, 1.807) is 0 Å². The molecule has 220 valence electrons. The third-order valence-electron chi connectivity index (χ3n) is 13.5. The Morgan fingerprint density at radius 3 is 2.40 bits per heavy atom. The molecule has 2 aromatic heterocycles. The van der Waals surface area contributed by atoms with Gasteiger partial charge in [-0.15, -0.1) is 21.5 Å². The number of ketones is 1. The Morgan fingerprint density at radius 1 is 0.975 bits per heavy atom. The van der Waals surface area contributed by atoms with E-state index >= 15 is 0 Å². The van der Waals surface area contributed by atoms with Gasteiger partial charge in [0.2, 0.25) is 0 Å². The van der Waals surface area contributed by atoms with Gasteiger partial charge >= 0.3 is 0 Å². The maximum Gasteiger partial charge on any atom is 0.145 e. The highest BCUT2D eigenvalue weighted by atomic mass is 32.1. The summed E-state index contributed by atoms with van der Waals surface area (Å²) in [5.74, 6) is 2.96. The molecule has 4 aliphatic rings. The molecule has 0 amide bonds. The van der Waals surface area contributed by atoms with Crippen molar-refractivity contribution in [3.8, 4) is 0 Å². The fourth-order valence-corrected chi connectivity index (χ4v) is 12.1. The minimum atomic E-state index is -0.0683. The predicted molar refractivity (Wildman–Crippen MR) is 160 cm³/mol. The summed E-state index contributed by atoms with van der Waals surface area (Å²) in [5, 5.41) is 15.8. The fourth-order valence-electron chi connectivity index (χ4n) is 11.1. The molecule has 0 saturated heterocycles. The summed E-state index contributed by atoms with van der Waals surface area (Å²) >= 11 is 1.81. The Morgan fingerprint density at radius 2 is 1.73 bits per heavy atom. The molecule has 0 aliphatic heterocycles. The third-order valence-corrected chi connectivity index (χ3v) is 14.6. The highest BCUT2D eigenvalue weighted by molar-refractivity contribution is 7.11. The van der Waals surface area contributed by atoms with Gasteiger partial charge in [0.1, 0.15) is 21.6 Å². The minimum absolute atomic E-state index is 0.0283. The molecule has 4 aliphatic carbocycles. The van der Waals surface area contributed by atoms with Crippen LogP contribution in [0.1, 0.15) is 135 Å². The van der Waals surface area contributed by atoms with Crippen LogP contribution in [0.2, 0.25) is 0 Å². The summed E-state index contributed by atoms with van der Waals surface area (Å²) in [4.78, 5) is 13.8. The van der Waals surface area contributed by atoms with Gasteiger partial charge in [-0.2, -0.15) is 0 Å². The van der Waals surface area contributed by atoms with E-state index in [1.165, 1.54) is 42.7 Å². The van der Waals surface area contributed by atoms with E-state index in [4.69, 9.17) is 9.62 Å². The maximum absolute atomic E-state index is 13.8. The Bertz CT molecular complexity index is 1310. The van der Waals surface area contributed by atoms with Crippen LogP contribution in [-0.4, -0.2) is 21.1 Å². The Hall–Kier alpha value is -1.56. The van der Waals surface area contributed by atoms with Crippen LogP contribution in [0, 0.1) is 46.3 Å². The average Bonchev–Trinajstić information content (AvgIpc) is 3.49. The second-order valence-corrected chi connectivity index (χ2v) is 17.9. The topological polar surface area (TPSA) is 68.9 Å². The van der Waals surface area contributed by atoms with Crippen molar-refractivity contribution in [1.82, 2.24) is 15.4 Å². The van der Waals surface area contributed by atoms with Crippen LogP contribution in [0.25, 0.3) is 0 Å². The van der Waals surface area contributed by atoms with Crippen LogP contribution in [0.3, 0.4) is 0 Å². The number of rotatable bonds is 4. The smallest absolute Gasteiger partial charge is 0.145 e. The molecular weight excluding hydrogens is 514 g/mol. The molecule has 40 heavy (non-hydrogen) atoms. The molecule has 3 fully saturated rings. The summed E-state index contributed by atoms with van der Waals surface area (Å²) in [6.45, 7) is 21.7. The number of hydrogen-bond acceptors (Lipinski definition) is 6. The van der Waals surface area contributed by atoms with Crippen molar-refractivity contribution in [2.24, 2.45) is 39.4 Å². The van der Waals surface area contributed by atoms with Crippen LogP contribution < -0.4 is 0 Å². The molecule has 2 heterocycles. The summed E-state index contributed by atoms with van der Waals surface area (Å²) in [6.07, 6.45) is 12.5. The molecule has 0 radical (unpaired) electrons. The van der Waals surface area contributed by atoms with Crippen molar-refractivity contribution >= 4 is 17.1 Å². The standard InChI is InChI=1S/C34H51N3O2S/c1-21-17-29(3,4)12-14-34(21,28-37-36-22(2)40-28)15-13-31(7)19-24(38)16-26-32(8)18-23-20-35-39-27(23)30(5,6)25(32)10-11-33(26,31)9/h20-21,25-26H,10-19H2,1-9H3/t21?,25-,26+,31+,32-,33+,34-/m0/s1. The van der Waals surface area contributed by atoms with Gasteiger partial charge in [0.15, 0.2) is 0 Å². The second-order valence-electron chi connectivity index (χ2n) is 16.7. The first kappa shape index (κ1) is 28.6. The molecule has 0 bridgehead atoms. The van der Waals surface area contributed by atoms with E-state index in [0.717, 1.165) is 36.5 Å². The van der Waals surface area contributed by atoms with Crippen LogP contribution >= 0.6 is 11.3 Å². The summed E-state index contributed by atoms with van der Waals surface area (Å²) in [5.41, 5.74) is 1.76. The van der Waals surface area contributed by atoms with Crippen molar-refractivity contribution in [2.75, 3.05) is 0 Å². The molecule has 6 rings (SSSR count). The van der Waals surface area contributed by atoms with Crippen LogP contribution in [0.15, 0.2) is 10.7 Å². The second kappa shape index (κ2) is 8.97. The molecule has 0 aromatic carbocycles. The summed E-state index contributed by atoms with van der Waals surface area (Å²) < 4.78 is 5.85. The molecule has 0 N–H and O–H groups in total. The van der Waals surface area contributed by atoms with Crippen molar-refractivity contribution in [2.45, 2.75) is 137 Å². The number of fused-ring (bicyclic) bond motifs is 4. The van der Waals surface area contributed by atoms with Crippen LogP contribution in [0.4, 0.5) is 0 Å². The molecule has 1 unspecified atom stereocenters. The Kier molecular flexibility index (Phi) is 6.40. The number of aryl methyl sites for hydroxylation is 1. The molecule has 3 saturated carbocycles. The molecule has 6 heteroatoms. The Balaban J connectivity index is 1.36. The first-order chi connectivity index (χ1) is 18.6. The maximum atomic E-state index is 13.8. The van der Waals surface area contributed by atoms with E-state index in [9.17, 15) is 4.79 Å². The van der Waals surface area contributed by atoms with Gasteiger partial charge in [-0.05, 0) is 97.7 Å². The van der Waals surface area contributed by atoms with Gasteiger partial charge in [-0.3, -0.25) is 4.79 Å². The van der Waals surface area contributed by atoms with Crippen molar-refractivity contribution in [1.29, 1.82) is 0 Å². The van der Waals surface area contributed by atoms with E-state index in [0.29, 0.717) is 35.4 Å². The van der Waals surface area contributed by atoms with Crippen molar-refractivity contribution in [3.63, 3.8) is 0 Å². The highest BCUT2D eigenvalue weighted by Crippen LogP contribution is 2.71. The van der Waals surface area contributed by atoms with Gasteiger partial charge in [-0.1, -0.05) is 60.5 Å². The number of carbonyl (C=O) groups excluding carboxylic acids is 1. The van der Waals surface area contributed by atoms with Gasteiger partial charge in [0.25, 0.3) is 0 Å². The normalized spacial score (nSPS) is 42.1. The number of nitrogens with zero attached hydrogens (tertiary/aromatic N) is 3. The monoisotopic (exact) mass is 565 g/mol. The quantitative estimate of drug-likeness (QED) is 0.371. The number of Topliss-reactive ketones (excluding diaryl/α,β-unsaturated/α-hetero) is 1. The zero-order valence-corrected chi connectivity index (χ0v) is 27.3. The van der Waals surface area contributed by atoms with E-state index < -0.39 is 0 Å². The lowest BCUT2D eigenvalue weighted by Crippen LogP contribution is -2.63. The van der Waals surface area contributed by atoms with Gasteiger partial charge in [0.05, 0.1) is 6.20 Å². The molecule has 0 spiro atoms. The van der Waals surface area contributed by atoms with E-state index in [1.807, 2.05) is 17.5 Å². The lowest BCUT2D eigenvalue weighted by Gasteiger charge is -2.67. The molecule has 5 nitrogen and oxygen atoms in total. The van der Waals surface area contributed by atoms with Crippen molar-refractivity contribution in [3.05, 3.63) is 27.5 Å². The summed E-state index contributed by atoms with van der Waals surface area (Å²) in [6, 6.07) is 0. The van der Waals surface area contributed by atoms with Crippen LogP contribution in [0.5, 0.6) is 0 Å². The lowest BCUT2D eigenvalue weighted by atomic mass is 9.36. The van der Waals surface area contributed by atoms with Gasteiger partial charge < -0.3 is 4.52 Å². The molecule has 2 aromatic rings. The predicted octanol–water partition coefficient (Wildman–Crippen LogP) is 8.64. The first-order valence-electron chi connectivity index (χ1n) is 15.8. The highest BCUT2D eigenvalue weighted by Gasteiger charge is 2.66. The number of hydrogen-bond donors (Lipinski definition) is 0. The van der Waals surface area contributed by atoms with Gasteiger partial charge in [-0.25, -0.2) is 0 Å². The summed E-state index contributed by atoms with van der Waals surface area (Å²) in [7, 11) is 0. The van der Waals surface area contributed by atoms with Gasteiger partial charge in [0, 0.05) is 29.2 Å². The fraction of sp³-hybridized carbons (Fsp3) is 0.824. The first-order valence-corrected chi connectivity index (χ1v) is 16.6. The zero-order valence-electron chi connectivity index (χ0n) is 26.4. The lowest BCUT2D eigenvalue weighted by molar-refractivity contribution is -0.180. The van der Waals surface area contributed by atoms with E-state index in [-0.39, 0.29) is 27.1 Å². The average molecular weight is 566 g/mol. The molecule has 7 atom stereocenters. The third kappa shape index (κ3) is 3.96. The number of carbonyl (C=O) groups is 1. The largest absolute Gasteiger partial charge is 0.361 e. The van der Waals surface area contributed by atoms with Crippen LogP contribution in [-0.2, 0) is 22.0 Å².